The zero-order valence-corrected chi connectivity index (χ0v) is 14.1. The van der Waals surface area contributed by atoms with E-state index in [1.54, 1.807) is 12.1 Å². The number of benzene rings is 2. The van der Waals surface area contributed by atoms with Crippen molar-refractivity contribution in [2.45, 2.75) is 6.42 Å². The highest BCUT2D eigenvalue weighted by atomic mass is 16.6. The molecular formula is C19H19NO6. The largest absolute Gasteiger partial charge is 0.486 e. The van der Waals surface area contributed by atoms with Crippen LogP contribution in [0.2, 0.25) is 0 Å². The minimum Gasteiger partial charge on any atom is -0.486 e. The maximum atomic E-state index is 11.9. The number of carbonyl (C=O) groups is 2. The monoisotopic (exact) mass is 357 g/mol. The molecule has 136 valence electrons. The molecule has 0 unspecified atom stereocenters. The molecule has 0 saturated heterocycles. The summed E-state index contributed by atoms with van der Waals surface area (Å²) in [6, 6.07) is 11.9. The van der Waals surface area contributed by atoms with E-state index in [1.165, 1.54) is 12.1 Å². The number of amides is 1. The second-order valence-electron chi connectivity index (χ2n) is 5.67. The number of hydrogen-bond donors (Lipinski definition) is 2. The van der Waals surface area contributed by atoms with Crippen molar-refractivity contribution in [2.24, 2.45) is 0 Å². The van der Waals surface area contributed by atoms with Gasteiger partial charge >= 0.3 is 5.97 Å². The zero-order valence-electron chi connectivity index (χ0n) is 14.1. The SMILES string of the molecule is O=C(COc1ccccc1C(=O)O)NCCc1ccc2c(c1)OCCO2. The molecule has 2 aromatic rings. The molecule has 1 amide bonds. The third-order valence-electron chi connectivity index (χ3n) is 3.82. The smallest absolute Gasteiger partial charge is 0.339 e. The van der Waals surface area contributed by atoms with Gasteiger partial charge in [-0.15, -0.1) is 0 Å². The summed E-state index contributed by atoms with van der Waals surface area (Å²) >= 11 is 0. The maximum Gasteiger partial charge on any atom is 0.339 e. The fourth-order valence-electron chi connectivity index (χ4n) is 2.55. The lowest BCUT2D eigenvalue weighted by Crippen LogP contribution is -2.30. The van der Waals surface area contributed by atoms with Gasteiger partial charge in [-0.05, 0) is 36.2 Å². The molecule has 7 heteroatoms. The molecule has 0 spiro atoms. The standard InChI is InChI=1S/C19H19NO6/c21-18(12-26-15-4-2-1-3-14(15)19(22)23)20-8-7-13-5-6-16-17(11-13)25-10-9-24-16/h1-6,11H,7-10,12H2,(H,20,21)(H,22,23). The van der Waals surface area contributed by atoms with E-state index in [4.69, 9.17) is 19.3 Å². The van der Waals surface area contributed by atoms with Gasteiger partial charge in [0.25, 0.3) is 5.91 Å². The van der Waals surface area contributed by atoms with Crippen molar-refractivity contribution in [2.75, 3.05) is 26.4 Å². The van der Waals surface area contributed by atoms with Gasteiger partial charge in [0.1, 0.15) is 24.5 Å². The molecule has 1 aliphatic rings. The number of carboxylic acid groups (broad SMARTS) is 1. The Morgan fingerprint density at radius 3 is 2.65 bits per heavy atom. The van der Waals surface area contributed by atoms with Gasteiger partial charge in [-0.3, -0.25) is 4.79 Å². The van der Waals surface area contributed by atoms with E-state index in [1.807, 2.05) is 18.2 Å². The fourth-order valence-corrected chi connectivity index (χ4v) is 2.55. The Morgan fingerprint density at radius 1 is 1.08 bits per heavy atom. The van der Waals surface area contributed by atoms with E-state index in [0.29, 0.717) is 31.9 Å². The second kappa shape index (κ2) is 8.24. The third-order valence-corrected chi connectivity index (χ3v) is 3.82. The van der Waals surface area contributed by atoms with Crippen LogP contribution in [0, 0.1) is 0 Å². The topological polar surface area (TPSA) is 94.1 Å². The normalized spacial score (nSPS) is 12.3. The van der Waals surface area contributed by atoms with E-state index in [0.717, 1.165) is 11.3 Å². The third kappa shape index (κ3) is 4.44. The van der Waals surface area contributed by atoms with E-state index in [2.05, 4.69) is 5.32 Å². The van der Waals surface area contributed by atoms with Crippen molar-refractivity contribution >= 4 is 11.9 Å². The summed E-state index contributed by atoms with van der Waals surface area (Å²) < 4.78 is 16.3. The van der Waals surface area contributed by atoms with Crippen molar-refractivity contribution in [1.29, 1.82) is 0 Å². The van der Waals surface area contributed by atoms with Gasteiger partial charge in [-0.2, -0.15) is 0 Å². The first-order valence-corrected chi connectivity index (χ1v) is 8.24. The fraction of sp³-hybridized carbons (Fsp3) is 0.263. The molecule has 0 bridgehead atoms. The lowest BCUT2D eigenvalue weighted by Gasteiger charge is -2.18. The molecule has 2 aromatic carbocycles. The molecule has 0 atom stereocenters. The lowest BCUT2D eigenvalue weighted by molar-refractivity contribution is -0.123. The summed E-state index contributed by atoms with van der Waals surface area (Å²) in [4.78, 5) is 23.0. The Balaban J connectivity index is 1.45. The van der Waals surface area contributed by atoms with Gasteiger partial charge in [-0.1, -0.05) is 18.2 Å². The highest BCUT2D eigenvalue weighted by molar-refractivity contribution is 5.91. The molecule has 2 N–H and O–H groups in total. The average Bonchev–Trinajstić information content (AvgIpc) is 2.66. The van der Waals surface area contributed by atoms with Gasteiger partial charge in [-0.25, -0.2) is 4.79 Å². The van der Waals surface area contributed by atoms with Crippen molar-refractivity contribution in [1.82, 2.24) is 5.32 Å². The minimum absolute atomic E-state index is 0.0246. The van der Waals surface area contributed by atoms with Crippen LogP contribution in [0.1, 0.15) is 15.9 Å². The molecule has 0 aromatic heterocycles. The van der Waals surface area contributed by atoms with Crippen molar-refractivity contribution in [3.8, 4) is 17.2 Å². The Hall–Kier alpha value is -3.22. The van der Waals surface area contributed by atoms with Gasteiger partial charge in [0.05, 0.1) is 0 Å². The predicted octanol–water partition coefficient (Wildman–Crippen LogP) is 1.89. The molecule has 26 heavy (non-hydrogen) atoms. The van der Waals surface area contributed by atoms with Crippen LogP contribution in [0.3, 0.4) is 0 Å². The summed E-state index contributed by atoms with van der Waals surface area (Å²) in [5.41, 5.74) is 1.04. The Bertz CT molecular complexity index is 804. The number of hydrogen-bond acceptors (Lipinski definition) is 5. The molecule has 0 fully saturated rings. The second-order valence-corrected chi connectivity index (χ2v) is 5.67. The van der Waals surface area contributed by atoms with Gasteiger partial charge in [0, 0.05) is 6.54 Å². The maximum absolute atomic E-state index is 11.9. The average molecular weight is 357 g/mol. The van der Waals surface area contributed by atoms with Crippen molar-refractivity contribution < 1.29 is 28.9 Å². The number of para-hydroxylation sites is 1. The van der Waals surface area contributed by atoms with Crippen LogP contribution in [0.5, 0.6) is 17.2 Å². The van der Waals surface area contributed by atoms with Crippen LogP contribution in [0.15, 0.2) is 42.5 Å². The zero-order chi connectivity index (χ0) is 18.4. The molecule has 1 heterocycles. The molecule has 1 aliphatic heterocycles. The summed E-state index contributed by atoms with van der Waals surface area (Å²) in [5, 5.41) is 11.8. The quantitative estimate of drug-likeness (QED) is 0.786. The minimum atomic E-state index is -1.10. The number of aromatic carboxylic acids is 1. The van der Waals surface area contributed by atoms with Crippen molar-refractivity contribution in [3.05, 3.63) is 53.6 Å². The van der Waals surface area contributed by atoms with Crippen LogP contribution < -0.4 is 19.5 Å². The predicted molar refractivity (Wildman–Crippen MR) is 93.0 cm³/mol. The summed E-state index contributed by atoms with van der Waals surface area (Å²) in [7, 11) is 0. The number of carbonyl (C=O) groups excluding carboxylic acids is 1. The van der Waals surface area contributed by atoms with Gasteiger partial charge in [0.15, 0.2) is 18.1 Å². The van der Waals surface area contributed by atoms with Gasteiger partial charge < -0.3 is 24.6 Å². The van der Waals surface area contributed by atoms with Crippen molar-refractivity contribution in [3.63, 3.8) is 0 Å². The first-order chi connectivity index (χ1) is 12.6. The molecule has 7 nitrogen and oxygen atoms in total. The van der Waals surface area contributed by atoms with Crippen LogP contribution in [0.25, 0.3) is 0 Å². The number of nitrogens with one attached hydrogen (secondary N) is 1. The molecule has 0 aliphatic carbocycles. The number of carboxylic acids is 1. The molecule has 0 radical (unpaired) electrons. The highest BCUT2D eigenvalue weighted by Gasteiger charge is 2.13. The first kappa shape index (κ1) is 17.6. The Labute approximate surface area is 150 Å². The highest BCUT2D eigenvalue weighted by Crippen LogP contribution is 2.30. The first-order valence-electron chi connectivity index (χ1n) is 8.24. The van der Waals surface area contributed by atoms with Crippen LogP contribution in [-0.2, 0) is 11.2 Å². The number of rotatable bonds is 7. The molecule has 0 saturated carbocycles. The van der Waals surface area contributed by atoms with Crippen LogP contribution in [0.4, 0.5) is 0 Å². The number of ether oxygens (including phenoxy) is 3. The van der Waals surface area contributed by atoms with E-state index in [9.17, 15) is 9.59 Å². The summed E-state index contributed by atoms with van der Waals surface area (Å²) in [5.74, 6) is 0.201. The Morgan fingerprint density at radius 2 is 1.85 bits per heavy atom. The van der Waals surface area contributed by atoms with Crippen LogP contribution >= 0.6 is 0 Å². The number of fused-ring (bicyclic) bond motifs is 1. The van der Waals surface area contributed by atoms with Gasteiger partial charge in [0.2, 0.25) is 0 Å². The summed E-state index contributed by atoms with van der Waals surface area (Å²) in [6.45, 7) is 1.27. The molecular weight excluding hydrogens is 338 g/mol. The van der Waals surface area contributed by atoms with E-state index in [-0.39, 0.29) is 23.8 Å². The van der Waals surface area contributed by atoms with E-state index < -0.39 is 5.97 Å². The summed E-state index contributed by atoms with van der Waals surface area (Å²) in [6.07, 6.45) is 0.633. The Kier molecular flexibility index (Phi) is 5.58. The van der Waals surface area contributed by atoms with Crippen LogP contribution in [-0.4, -0.2) is 43.3 Å². The van der Waals surface area contributed by atoms with E-state index >= 15 is 0 Å². The lowest BCUT2D eigenvalue weighted by atomic mass is 10.1. The molecule has 3 rings (SSSR count).